The van der Waals surface area contributed by atoms with Crippen LogP contribution in [0.4, 0.5) is 0 Å². The highest BCUT2D eigenvalue weighted by molar-refractivity contribution is 5.80. The fourth-order valence-electron chi connectivity index (χ4n) is 1.88. The highest BCUT2D eigenvalue weighted by Crippen LogP contribution is 2.18. The van der Waals surface area contributed by atoms with Crippen LogP contribution < -0.4 is 16.4 Å². The number of carbonyl (C=O) groups is 2. The molecule has 5 heteroatoms. The molecule has 0 aromatic heterocycles. The van der Waals surface area contributed by atoms with Gasteiger partial charge in [-0.3, -0.25) is 9.59 Å². The number of nitrogens with two attached hydrogens (primary N) is 1. The Morgan fingerprint density at radius 3 is 2.35 bits per heavy atom. The second-order valence-electron chi connectivity index (χ2n) is 5.14. The highest BCUT2D eigenvalue weighted by Gasteiger charge is 2.22. The second-order valence-corrected chi connectivity index (χ2v) is 5.14. The van der Waals surface area contributed by atoms with Crippen molar-refractivity contribution in [1.82, 2.24) is 10.6 Å². The van der Waals surface area contributed by atoms with E-state index in [1.54, 1.807) is 0 Å². The maximum Gasteiger partial charge on any atom is 0.224 e. The van der Waals surface area contributed by atoms with E-state index in [0.717, 1.165) is 24.0 Å². The van der Waals surface area contributed by atoms with E-state index in [1.165, 1.54) is 0 Å². The number of nitrogens with one attached hydrogen (secondary N) is 2. The van der Waals surface area contributed by atoms with Crippen molar-refractivity contribution in [2.24, 2.45) is 5.73 Å². The van der Waals surface area contributed by atoms with Crippen LogP contribution in [0.3, 0.4) is 0 Å². The number of rotatable bonds is 7. The Hall–Kier alpha value is -1.88. The van der Waals surface area contributed by atoms with Crippen molar-refractivity contribution in [2.45, 2.75) is 38.3 Å². The van der Waals surface area contributed by atoms with Crippen LogP contribution in [-0.4, -0.2) is 24.4 Å². The molecule has 108 valence electrons. The van der Waals surface area contributed by atoms with Crippen molar-refractivity contribution in [2.75, 3.05) is 6.54 Å². The molecule has 0 unspecified atom stereocenters. The SMILES string of the molecule is NCc1ccc(CC(=O)NCCC(=O)NC2CC2)cc1. The smallest absolute Gasteiger partial charge is 0.224 e. The first-order valence-electron chi connectivity index (χ1n) is 7.01. The Kier molecular flexibility index (Phi) is 5.12. The Labute approximate surface area is 118 Å². The summed E-state index contributed by atoms with van der Waals surface area (Å²) in [4.78, 5) is 23.1. The molecule has 2 amide bonds. The Balaban J connectivity index is 1.64. The van der Waals surface area contributed by atoms with Crippen LogP contribution in [0.5, 0.6) is 0 Å². The number of carbonyl (C=O) groups excluding carboxylic acids is 2. The quantitative estimate of drug-likeness (QED) is 0.676. The molecular weight excluding hydrogens is 254 g/mol. The van der Waals surface area contributed by atoms with E-state index in [4.69, 9.17) is 5.73 Å². The Morgan fingerprint density at radius 1 is 1.10 bits per heavy atom. The molecule has 2 rings (SSSR count). The largest absolute Gasteiger partial charge is 0.355 e. The molecule has 0 spiro atoms. The third-order valence-electron chi connectivity index (χ3n) is 3.24. The van der Waals surface area contributed by atoms with Gasteiger partial charge in [0.2, 0.25) is 11.8 Å². The van der Waals surface area contributed by atoms with Gasteiger partial charge < -0.3 is 16.4 Å². The first kappa shape index (κ1) is 14.5. The second kappa shape index (κ2) is 7.05. The summed E-state index contributed by atoms with van der Waals surface area (Å²) >= 11 is 0. The molecule has 1 aliphatic carbocycles. The van der Waals surface area contributed by atoms with Gasteiger partial charge in [-0.15, -0.1) is 0 Å². The lowest BCUT2D eigenvalue weighted by Gasteiger charge is -2.06. The maximum absolute atomic E-state index is 11.7. The molecular formula is C15H21N3O2. The van der Waals surface area contributed by atoms with Crippen LogP contribution in [0.25, 0.3) is 0 Å². The molecule has 1 aromatic carbocycles. The molecule has 0 saturated heterocycles. The van der Waals surface area contributed by atoms with Crippen molar-refractivity contribution in [3.05, 3.63) is 35.4 Å². The zero-order valence-corrected chi connectivity index (χ0v) is 11.5. The predicted molar refractivity (Wildman–Crippen MR) is 76.8 cm³/mol. The van der Waals surface area contributed by atoms with Gasteiger partial charge in [0.1, 0.15) is 0 Å². The first-order valence-corrected chi connectivity index (χ1v) is 7.01. The summed E-state index contributed by atoms with van der Waals surface area (Å²) in [5.74, 6) is -0.0511. The summed E-state index contributed by atoms with van der Waals surface area (Å²) in [6.07, 6.45) is 2.83. The van der Waals surface area contributed by atoms with Crippen molar-refractivity contribution >= 4 is 11.8 Å². The Morgan fingerprint density at radius 2 is 1.75 bits per heavy atom. The molecule has 0 bridgehead atoms. The van der Waals surface area contributed by atoms with Gasteiger partial charge in [0.05, 0.1) is 6.42 Å². The summed E-state index contributed by atoms with van der Waals surface area (Å²) in [6.45, 7) is 0.890. The van der Waals surface area contributed by atoms with Crippen LogP contribution in [0.1, 0.15) is 30.4 Å². The summed E-state index contributed by atoms with van der Waals surface area (Å²) in [5, 5.41) is 5.65. The van der Waals surface area contributed by atoms with Gasteiger partial charge in [0.15, 0.2) is 0 Å². The van der Waals surface area contributed by atoms with Gasteiger partial charge in [0.25, 0.3) is 0 Å². The monoisotopic (exact) mass is 275 g/mol. The minimum Gasteiger partial charge on any atom is -0.355 e. The van der Waals surface area contributed by atoms with E-state index in [0.29, 0.717) is 32.0 Å². The molecule has 0 aliphatic heterocycles. The first-order chi connectivity index (χ1) is 9.67. The molecule has 0 heterocycles. The molecule has 4 N–H and O–H groups in total. The number of hydrogen-bond acceptors (Lipinski definition) is 3. The zero-order valence-electron chi connectivity index (χ0n) is 11.5. The topological polar surface area (TPSA) is 84.2 Å². The molecule has 0 atom stereocenters. The van der Waals surface area contributed by atoms with Crippen molar-refractivity contribution in [1.29, 1.82) is 0 Å². The Bertz CT molecular complexity index is 467. The lowest BCUT2D eigenvalue weighted by molar-refractivity contribution is -0.122. The number of amides is 2. The molecule has 1 aliphatic rings. The third kappa shape index (κ3) is 5.01. The standard InChI is InChI=1S/C15H21N3O2/c16-10-12-3-1-11(2-4-12)9-15(20)17-8-7-14(19)18-13-5-6-13/h1-4,13H,5-10,16H2,(H,17,20)(H,18,19). The lowest BCUT2D eigenvalue weighted by atomic mass is 10.1. The lowest BCUT2D eigenvalue weighted by Crippen LogP contribution is -2.32. The average molecular weight is 275 g/mol. The van der Waals surface area contributed by atoms with Crippen LogP contribution in [0.2, 0.25) is 0 Å². The van der Waals surface area contributed by atoms with Crippen molar-refractivity contribution in [3.63, 3.8) is 0 Å². The minimum atomic E-state index is -0.0651. The molecule has 20 heavy (non-hydrogen) atoms. The van der Waals surface area contributed by atoms with Crippen LogP contribution in [0, 0.1) is 0 Å². The molecule has 1 aromatic rings. The average Bonchev–Trinajstić information content (AvgIpc) is 3.23. The van der Waals surface area contributed by atoms with E-state index < -0.39 is 0 Å². The normalized spacial score (nSPS) is 13.8. The van der Waals surface area contributed by atoms with E-state index in [2.05, 4.69) is 10.6 Å². The molecule has 1 saturated carbocycles. The summed E-state index contributed by atoms with van der Waals surface area (Å²) in [7, 11) is 0. The number of hydrogen-bond donors (Lipinski definition) is 3. The van der Waals surface area contributed by atoms with E-state index in [1.807, 2.05) is 24.3 Å². The van der Waals surface area contributed by atoms with Crippen LogP contribution in [-0.2, 0) is 22.6 Å². The van der Waals surface area contributed by atoms with Crippen molar-refractivity contribution in [3.8, 4) is 0 Å². The summed E-state index contributed by atoms with van der Waals surface area (Å²) in [6, 6.07) is 8.03. The summed E-state index contributed by atoms with van der Waals surface area (Å²) < 4.78 is 0. The fraction of sp³-hybridized carbons (Fsp3) is 0.467. The number of benzene rings is 1. The minimum absolute atomic E-state index is 0.0140. The van der Waals surface area contributed by atoms with Crippen LogP contribution in [0.15, 0.2) is 24.3 Å². The van der Waals surface area contributed by atoms with Gasteiger partial charge in [-0.05, 0) is 24.0 Å². The van der Waals surface area contributed by atoms with Crippen molar-refractivity contribution < 1.29 is 9.59 Å². The molecule has 0 radical (unpaired) electrons. The fourth-order valence-corrected chi connectivity index (χ4v) is 1.88. The zero-order chi connectivity index (χ0) is 14.4. The van der Waals surface area contributed by atoms with E-state index in [-0.39, 0.29) is 11.8 Å². The van der Waals surface area contributed by atoms with Gasteiger partial charge in [-0.2, -0.15) is 0 Å². The van der Waals surface area contributed by atoms with Crippen LogP contribution >= 0.6 is 0 Å². The highest BCUT2D eigenvalue weighted by atomic mass is 16.2. The van der Waals surface area contributed by atoms with Gasteiger partial charge in [0, 0.05) is 25.6 Å². The van der Waals surface area contributed by atoms with Gasteiger partial charge >= 0.3 is 0 Å². The maximum atomic E-state index is 11.7. The summed E-state index contributed by atoms with van der Waals surface area (Å²) in [5.41, 5.74) is 7.51. The van der Waals surface area contributed by atoms with E-state index in [9.17, 15) is 9.59 Å². The predicted octanol–water partition coefficient (Wildman–Crippen LogP) is 0.473. The molecule has 5 nitrogen and oxygen atoms in total. The third-order valence-corrected chi connectivity index (χ3v) is 3.24. The van der Waals surface area contributed by atoms with E-state index >= 15 is 0 Å². The molecule has 1 fully saturated rings. The van der Waals surface area contributed by atoms with Gasteiger partial charge in [-0.25, -0.2) is 0 Å². The van der Waals surface area contributed by atoms with Gasteiger partial charge in [-0.1, -0.05) is 24.3 Å².